The number of carbonyl (C=O) groups excluding carboxylic acids is 2. The molecule has 1 aliphatic heterocycles. The Kier molecular flexibility index (Phi) is 4.81. The second-order valence-electron chi connectivity index (χ2n) is 6.61. The summed E-state index contributed by atoms with van der Waals surface area (Å²) in [4.78, 5) is 26.4. The molecule has 1 heterocycles. The normalized spacial score (nSPS) is 19.7. The van der Waals surface area contributed by atoms with E-state index in [1.165, 1.54) is 4.90 Å². The first-order valence-electron chi connectivity index (χ1n) is 7.84. The topological polar surface area (TPSA) is 37.4 Å². The monoisotopic (exact) mass is 287 g/mol. The van der Waals surface area contributed by atoms with Crippen LogP contribution < -0.4 is 0 Å². The van der Waals surface area contributed by atoms with Crippen LogP contribution in [-0.4, -0.2) is 22.8 Å². The Morgan fingerprint density at radius 1 is 1.14 bits per heavy atom. The van der Waals surface area contributed by atoms with E-state index in [9.17, 15) is 9.59 Å². The van der Waals surface area contributed by atoms with Gasteiger partial charge in [0.2, 0.25) is 11.8 Å². The highest BCUT2D eigenvalue weighted by Crippen LogP contribution is 2.37. The van der Waals surface area contributed by atoms with E-state index in [-0.39, 0.29) is 23.3 Å². The van der Waals surface area contributed by atoms with Crippen LogP contribution in [-0.2, 0) is 16.0 Å². The summed E-state index contributed by atoms with van der Waals surface area (Å²) >= 11 is 0. The summed E-state index contributed by atoms with van der Waals surface area (Å²) in [6.45, 7) is 6.13. The summed E-state index contributed by atoms with van der Waals surface area (Å²) in [6, 6.07) is 9.95. The van der Waals surface area contributed by atoms with Gasteiger partial charge in [-0.05, 0) is 30.7 Å². The van der Waals surface area contributed by atoms with E-state index in [2.05, 4.69) is 13.8 Å². The number of rotatable bonds is 5. The van der Waals surface area contributed by atoms with Crippen LogP contribution in [0.3, 0.4) is 0 Å². The van der Waals surface area contributed by atoms with E-state index in [0.29, 0.717) is 12.8 Å². The van der Waals surface area contributed by atoms with E-state index in [1.807, 2.05) is 37.3 Å². The third-order valence-corrected chi connectivity index (χ3v) is 4.36. The Hall–Kier alpha value is -1.64. The first-order chi connectivity index (χ1) is 9.95. The highest BCUT2D eigenvalue weighted by Gasteiger charge is 2.41. The van der Waals surface area contributed by atoms with Crippen LogP contribution in [0.15, 0.2) is 30.3 Å². The van der Waals surface area contributed by atoms with Crippen molar-refractivity contribution in [2.75, 3.05) is 0 Å². The largest absolute Gasteiger partial charge is 0.279 e. The molecule has 2 rings (SSSR count). The maximum absolute atomic E-state index is 12.4. The van der Waals surface area contributed by atoms with Crippen molar-refractivity contribution in [3.63, 3.8) is 0 Å². The Morgan fingerprint density at radius 2 is 1.71 bits per heavy atom. The van der Waals surface area contributed by atoms with E-state index >= 15 is 0 Å². The van der Waals surface area contributed by atoms with Crippen LogP contribution >= 0.6 is 0 Å². The predicted octanol–water partition coefficient (Wildman–Crippen LogP) is 3.57. The molecule has 1 aromatic carbocycles. The molecule has 1 fully saturated rings. The molecule has 0 N–H and O–H groups in total. The van der Waals surface area contributed by atoms with Gasteiger partial charge < -0.3 is 0 Å². The van der Waals surface area contributed by atoms with Crippen molar-refractivity contribution in [3.8, 4) is 0 Å². The number of hydrogen-bond acceptors (Lipinski definition) is 2. The summed E-state index contributed by atoms with van der Waals surface area (Å²) in [5, 5.41) is 0. The maximum atomic E-state index is 12.4. The molecule has 0 saturated carbocycles. The summed E-state index contributed by atoms with van der Waals surface area (Å²) < 4.78 is 0. The summed E-state index contributed by atoms with van der Waals surface area (Å²) in [7, 11) is 0. The molecule has 21 heavy (non-hydrogen) atoms. The number of nitrogens with zero attached hydrogens (tertiary/aromatic N) is 1. The highest BCUT2D eigenvalue weighted by molar-refractivity contribution is 5.98. The molecule has 1 saturated heterocycles. The number of amides is 2. The fourth-order valence-electron chi connectivity index (χ4n) is 3.42. The van der Waals surface area contributed by atoms with Gasteiger partial charge in [-0.2, -0.15) is 0 Å². The van der Waals surface area contributed by atoms with Crippen LogP contribution in [0.4, 0.5) is 0 Å². The standard InChI is InChI=1S/C18H25NO2/c1-4-10-18(3)12-16(20)19(17(21)13-18)14(2)11-15-8-6-5-7-9-15/h5-9,14H,4,10-13H2,1-3H3/t14-/m0/s1. The molecule has 0 bridgehead atoms. The molecule has 0 aliphatic carbocycles. The molecule has 2 amide bonds. The number of piperidine rings is 1. The van der Waals surface area contributed by atoms with Crippen molar-refractivity contribution in [1.82, 2.24) is 4.90 Å². The van der Waals surface area contributed by atoms with Crippen LogP contribution in [0.2, 0.25) is 0 Å². The Morgan fingerprint density at radius 3 is 2.24 bits per heavy atom. The molecular weight excluding hydrogens is 262 g/mol. The third-order valence-electron chi connectivity index (χ3n) is 4.36. The minimum atomic E-state index is -0.147. The van der Waals surface area contributed by atoms with Gasteiger partial charge in [0.05, 0.1) is 0 Å². The molecule has 3 heteroatoms. The molecule has 1 aliphatic rings. The molecule has 114 valence electrons. The summed E-state index contributed by atoms with van der Waals surface area (Å²) in [5.74, 6) is -0.0173. The van der Waals surface area contributed by atoms with Gasteiger partial charge in [0, 0.05) is 18.9 Å². The summed E-state index contributed by atoms with van der Waals surface area (Å²) in [5.41, 5.74) is 1.01. The van der Waals surface area contributed by atoms with Gasteiger partial charge in [0.1, 0.15) is 0 Å². The molecule has 0 spiro atoms. The number of hydrogen-bond donors (Lipinski definition) is 0. The van der Waals surface area contributed by atoms with Gasteiger partial charge >= 0.3 is 0 Å². The average Bonchev–Trinajstić information content (AvgIpc) is 2.38. The van der Waals surface area contributed by atoms with Crippen molar-refractivity contribution >= 4 is 11.8 Å². The number of likely N-dealkylation sites (tertiary alicyclic amines) is 1. The zero-order valence-electron chi connectivity index (χ0n) is 13.3. The number of imide groups is 1. The van der Waals surface area contributed by atoms with E-state index in [4.69, 9.17) is 0 Å². The van der Waals surface area contributed by atoms with Gasteiger partial charge in [-0.3, -0.25) is 14.5 Å². The fraction of sp³-hybridized carbons (Fsp3) is 0.556. The second-order valence-corrected chi connectivity index (χ2v) is 6.61. The average molecular weight is 287 g/mol. The van der Waals surface area contributed by atoms with Crippen molar-refractivity contribution in [3.05, 3.63) is 35.9 Å². The van der Waals surface area contributed by atoms with Gasteiger partial charge in [0.15, 0.2) is 0 Å². The van der Waals surface area contributed by atoms with Crippen LogP contribution in [0.5, 0.6) is 0 Å². The Labute approximate surface area is 127 Å². The van der Waals surface area contributed by atoms with Crippen LogP contribution in [0.25, 0.3) is 0 Å². The number of carbonyl (C=O) groups is 2. The van der Waals surface area contributed by atoms with Crippen LogP contribution in [0, 0.1) is 5.41 Å². The lowest BCUT2D eigenvalue weighted by Crippen LogP contribution is -2.51. The van der Waals surface area contributed by atoms with Crippen molar-refractivity contribution in [2.24, 2.45) is 5.41 Å². The molecule has 1 atom stereocenters. The smallest absolute Gasteiger partial charge is 0.229 e. The highest BCUT2D eigenvalue weighted by atomic mass is 16.2. The molecule has 0 aromatic heterocycles. The summed E-state index contributed by atoms with van der Waals surface area (Å²) in [6.07, 6.45) is 3.66. The second kappa shape index (κ2) is 6.42. The molecule has 1 aromatic rings. The zero-order valence-corrected chi connectivity index (χ0v) is 13.3. The maximum Gasteiger partial charge on any atom is 0.229 e. The lowest BCUT2D eigenvalue weighted by atomic mass is 9.76. The van der Waals surface area contributed by atoms with Crippen molar-refractivity contribution in [1.29, 1.82) is 0 Å². The zero-order chi connectivity index (χ0) is 15.5. The van der Waals surface area contributed by atoms with Crippen molar-refractivity contribution < 1.29 is 9.59 Å². The van der Waals surface area contributed by atoms with E-state index < -0.39 is 0 Å². The molecule has 0 radical (unpaired) electrons. The lowest BCUT2D eigenvalue weighted by Gasteiger charge is -2.40. The number of benzene rings is 1. The SMILES string of the molecule is CCCC1(C)CC(=O)N([C@@H](C)Cc2ccccc2)C(=O)C1. The molecular formula is C18H25NO2. The fourth-order valence-corrected chi connectivity index (χ4v) is 3.42. The first kappa shape index (κ1) is 15.7. The van der Waals surface area contributed by atoms with Gasteiger partial charge in [-0.1, -0.05) is 50.6 Å². The minimum Gasteiger partial charge on any atom is -0.279 e. The van der Waals surface area contributed by atoms with Gasteiger partial charge in [-0.15, -0.1) is 0 Å². The first-order valence-corrected chi connectivity index (χ1v) is 7.84. The van der Waals surface area contributed by atoms with Gasteiger partial charge in [0.25, 0.3) is 0 Å². The Bertz CT molecular complexity index is 491. The van der Waals surface area contributed by atoms with Crippen LogP contribution in [0.1, 0.15) is 52.0 Å². The quantitative estimate of drug-likeness (QED) is 0.776. The van der Waals surface area contributed by atoms with Gasteiger partial charge in [-0.25, -0.2) is 0 Å². The molecule has 0 unspecified atom stereocenters. The van der Waals surface area contributed by atoms with E-state index in [0.717, 1.165) is 24.8 Å². The third kappa shape index (κ3) is 3.72. The van der Waals surface area contributed by atoms with Crippen molar-refractivity contribution in [2.45, 2.75) is 58.9 Å². The van der Waals surface area contributed by atoms with E-state index in [1.54, 1.807) is 0 Å². The molecule has 3 nitrogen and oxygen atoms in total. The Balaban J connectivity index is 2.07. The lowest BCUT2D eigenvalue weighted by molar-refractivity contribution is -0.155. The predicted molar refractivity (Wildman–Crippen MR) is 83.7 cm³/mol. The minimum absolute atomic E-state index is 0.00867.